The Labute approximate surface area is 196 Å². The SMILES string of the molecule is CN(C(=O)n1cnc(-c2cccc(-c3cccc(NC(N)=O)c3)c2NC(N)=O)c1)C1CCCC1. The average molecular weight is 462 g/mol. The lowest BCUT2D eigenvalue weighted by atomic mass is 9.98. The molecule has 2 aromatic carbocycles. The quantitative estimate of drug-likeness (QED) is 0.454. The van der Waals surface area contributed by atoms with Crippen LogP contribution < -0.4 is 22.1 Å². The number of nitrogens with zero attached hydrogens (tertiary/aromatic N) is 3. The first-order chi connectivity index (χ1) is 16.3. The van der Waals surface area contributed by atoms with Crippen LogP contribution in [0.1, 0.15) is 25.7 Å². The molecule has 1 heterocycles. The number of benzene rings is 2. The highest BCUT2D eigenvalue weighted by atomic mass is 16.2. The van der Waals surface area contributed by atoms with Crippen molar-refractivity contribution in [2.45, 2.75) is 31.7 Å². The molecule has 1 fully saturated rings. The van der Waals surface area contributed by atoms with Crippen LogP contribution in [-0.4, -0.2) is 45.6 Å². The standard InChI is InChI=1S/C24H27N7O3/c1-30(17-8-2-3-9-17)24(34)31-13-20(27-14-31)19-11-5-10-18(21(19)29-23(26)33)15-6-4-7-16(12-15)28-22(25)32/h4-7,10-14,17H,2-3,8-9H2,1H3,(H3,25,28,32)(H3,26,29,33). The average Bonchev–Trinajstić information content (AvgIpc) is 3.50. The van der Waals surface area contributed by atoms with Gasteiger partial charge >= 0.3 is 18.1 Å². The topological polar surface area (TPSA) is 148 Å². The van der Waals surface area contributed by atoms with Crippen molar-refractivity contribution >= 4 is 29.5 Å². The number of nitrogens with one attached hydrogen (secondary N) is 2. The zero-order valence-electron chi connectivity index (χ0n) is 18.8. The second kappa shape index (κ2) is 9.65. The van der Waals surface area contributed by atoms with Gasteiger partial charge in [0.15, 0.2) is 0 Å². The maximum atomic E-state index is 13.0. The van der Waals surface area contributed by atoms with Crippen molar-refractivity contribution in [2.24, 2.45) is 11.5 Å². The molecule has 1 aliphatic carbocycles. The van der Waals surface area contributed by atoms with Crippen LogP contribution in [0.15, 0.2) is 55.0 Å². The highest BCUT2D eigenvalue weighted by Crippen LogP contribution is 2.37. The van der Waals surface area contributed by atoms with E-state index < -0.39 is 12.1 Å². The molecule has 10 heteroatoms. The van der Waals surface area contributed by atoms with E-state index in [1.807, 2.05) is 25.2 Å². The zero-order chi connectivity index (χ0) is 24.2. The van der Waals surface area contributed by atoms with E-state index in [1.54, 1.807) is 35.4 Å². The van der Waals surface area contributed by atoms with Crippen molar-refractivity contribution in [3.05, 3.63) is 55.0 Å². The summed E-state index contributed by atoms with van der Waals surface area (Å²) in [6.07, 6.45) is 7.38. The summed E-state index contributed by atoms with van der Waals surface area (Å²) in [5.41, 5.74) is 14.1. The number of carbonyl (C=O) groups is 3. The first kappa shape index (κ1) is 22.8. The van der Waals surface area contributed by atoms with Gasteiger partial charge in [-0.1, -0.05) is 43.2 Å². The van der Waals surface area contributed by atoms with Crippen LogP contribution >= 0.6 is 0 Å². The Morgan fingerprint density at radius 3 is 2.38 bits per heavy atom. The lowest BCUT2D eigenvalue weighted by Crippen LogP contribution is -2.37. The predicted octanol–water partition coefficient (Wildman–Crippen LogP) is 4.04. The Kier molecular flexibility index (Phi) is 6.48. The van der Waals surface area contributed by atoms with Crippen molar-refractivity contribution in [3.63, 3.8) is 0 Å². The molecular weight excluding hydrogens is 434 g/mol. The first-order valence-corrected chi connectivity index (χ1v) is 11.0. The van der Waals surface area contributed by atoms with Crippen molar-refractivity contribution in [1.29, 1.82) is 0 Å². The van der Waals surface area contributed by atoms with E-state index in [-0.39, 0.29) is 12.1 Å². The smallest absolute Gasteiger partial charge is 0.329 e. The molecule has 4 rings (SSSR count). The van der Waals surface area contributed by atoms with Gasteiger partial charge in [0.1, 0.15) is 6.33 Å². The third-order valence-electron chi connectivity index (χ3n) is 6.01. The summed E-state index contributed by atoms with van der Waals surface area (Å²) in [4.78, 5) is 42.3. The molecule has 6 N–H and O–H groups in total. The van der Waals surface area contributed by atoms with E-state index in [4.69, 9.17) is 11.5 Å². The van der Waals surface area contributed by atoms with Gasteiger partial charge in [-0.2, -0.15) is 0 Å². The third-order valence-corrected chi connectivity index (χ3v) is 6.01. The summed E-state index contributed by atoms with van der Waals surface area (Å²) in [6, 6.07) is 11.1. The largest absolute Gasteiger partial charge is 0.351 e. The number of urea groups is 2. The number of amides is 5. The lowest BCUT2D eigenvalue weighted by Gasteiger charge is -2.24. The fraction of sp³-hybridized carbons (Fsp3) is 0.250. The van der Waals surface area contributed by atoms with Gasteiger partial charge < -0.3 is 27.0 Å². The number of carbonyl (C=O) groups excluding carboxylic acids is 3. The van der Waals surface area contributed by atoms with Gasteiger partial charge in [-0.15, -0.1) is 0 Å². The van der Waals surface area contributed by atoms with Crippen LogP contribution in [-0.2, 0) is 0 Å². The first-order valence-electron chi connectivity index (χ1n) is 11.0. The molecule has 0 atom stereocenters. The van der Waals surface area contributed by atoms with E-state index in [1.165, 1.54) is 10.9 Å². The fourth-order valence-electron chi connectivity index (χ4n) is 4.37. The predicted molar refractivity (Wildman–Crippen MR) is 130 cm³/mol. The van der Waals surface area contributed by atoms with Crippen LogP contribution in [0.2, 0.25) is 0 Å². The number of hydrogen-bond acceptors (Lipinski definition) is 4. The van der Waals surface area contributed by atoms with E-state index in [9.17, 15) is 14.4 Å². The van der Waals surface area contributed by atoms with E-state index >= 15 is 0 Å². The number of imidazole rings is 1. The van der Waals surface area contributed by atoms with Crippen molar-refractivity contribution < 1.29 is 14.4 Å². The summed E-state index contributed by atoms with van der Waals surface area (Å²) in [5, 5.41) is 5.23. The van der Waals surface area contributed by atoms with Crippen molar-refractivity contribution in [3.8, 4) is 22.4 Å². The molecule has 0 saturated heterocycles. The van der Waals surface area contributed by atoms with Gasteiger partial charge in [-0.25, -0.2) is 19.4 Å². The molecule has 0 radical (unpaired) electrons. The lowest BCUT2D eigenvalue weighted by molar-refractivity contribution is 0.192. The number of nitrogens with two attached hydrogens (primary N) is 2. The minimum atomic E-state index is -0.739. The van der Waals surface area contributed by atoms with Crippen LogP contribution in [0.4, 0.5) is 25.8 Å². The van der Waals surface area contributed by atoms with Crippen LogP contribution in [0.3, 0.4) is 0 Å². The minimum absolute atomic E-state index is 0.156. The Bertz CT molecular complexity index is 1230. The van der Waals surface area contributed by atoms with Gasteiger partial charge in [0.2, 0.25) is 0 Å². The fourth-order valence-corrected chi connectivity index (χ4v) is 4.37. The van der Waals surface area contributed by atoms with E-state index in [0.717, 1.165) is 25.7 Å². The summed E-state index contributed by atoms with van der Waals surface area (Å²) >= 11 is 0. The van der Waals surface area contributed by atoms with E-state index in [2.05, 4.69) is 15.6 Å². The Balaban J connectivity index is 1.71. The van der Waals surface area contributed by atoms with Crippen LogP contribution in [0, 0.1) is 0 Å². The molecule has 1 aliphatic rings. The normalized spacial score (nSPS) is 13.4. The molecule has 176 valence electrons. The zero-order valence-corrected chi connectivity index (χ0v) is 18.8. The number of hydrogen-bond donors (Lipinski definition) is 4. The van der Waals surface area contributed by atoms with Crippen molar-refractivity contribution in [2.75, 3.05) is 17.7 Å². The molecule has 1 aromatic heterocycles. The van der Waals surface area contributed by atoms with Gasteiger partial charge in [0.05, 0.1) is 11.4 Å². The summed E-state index contributed by atoms with van der Waals surface area (Å²) in [7, 11) is 1.81. The number of anilines is 2. The molecule has 0 bridgehead atoms. The molecule has 0 unspecified atom stereocenters. The van der Waals surface area contributed by atoms with Crippen molar-refractivity contribution in [1.82, 2.24) is 14.5 Å². The second-order valence-electron chi connectivity index (χ2n) is 8.29. The maximum absolute atomic E-state index is 13.0. The molecule has 0 aliphatic heterocycles. The summed E-state index contributed by atoms with van der Waals surface area (Å²) in [5.74, 6) is 0. The summed E-state index contributed by atoms with van der Waals surface area (Å²) in [6.45, 7) is 0. The molecule has 10 nitrogen and oxygen atoms in total. The number of primary amides is 2. The molecular formula is C24H27N7O3. The molecule has 5 amide bonds. The number of para-hydroxylation sites is 1. The third kappa shape index (κ3) is 4.85. The Morgan fingerprint density at radius 2 is 1.68 bits per heavy atom. The second-order valence-corrected chi connectivity index (χ2v) is 8.29. The highest BCUT2D eigenvalue weighted by molar-refractivity contribution is 6.00. The minimum Gasteiger partial charge on any atom is -0.351 e. The van der Waals surface area contributed by atoms with Gasteiger partial charge in [0, 0.05) is 36.1 Å². The molecule has 1 saturated carbocycles. The molecule has 0 spiro atoms. The number of rotatable bonds is 5. The molecule has 34 heavy (non-hydrogen) atoms. The van der Waals surface area contributed by atoms with Crippen LogP contribution in [0.5, 0.6) is 0 Å². The maximum Gasteiger partial charge on any atom is 0.329 e. The number of aromatic nitrogens is 2. The Hall–Kier alpha value is -4.34. The highest BCUT2D eigenvalue weighted by Gasteiger charge is 2.25. The molecule has 3 aromatic rings. The van der Waals surface area contributed by atoms with Gasteiger partial charge in [-0.3, -0.25) is 4.57 Å². The van der Waals surface area contributed by atoms with Crippen LogP contribution in [0.25, 0.3) is 22.4 Å². The van der Waals surface area contributed by atoms with E-state index in [0.29, 0.717) is 33.8 Å². The van der Waals surface area contributed by atoms with Gasteiger partial charge in [0.25, 0.3) is 0 Å². The monoisotopic (exact) mass is 461 g/mol. The Morgan fingerprint density at radius 1 is 1.00 bits per heavy atom. The van der Waals surface area contributed by atoms with Gasteiger partial charge in [-0.05, 0) is 30.5 Å². The summed E-state index contributed by atoms with van der Waals surface area (Å²) < 4.78 is 1.45.